The summed E-state index contributed by atoms with van der Waals surface area (Å²) < 4.78 is 4.09. The molecular weight excluding hydrogens is 188 g/mol. The molecule has 2 aromatic heterocycles. The summed E-state index contributed by atoms with van der Waals surface area (Å²) in [6.45, 7) is 0. The zero-order valence-corrected chi connectivity index (χ0v) is 8.08. The first kappa shape index (κ1) is 8.29. The molecule has 0 aromatic carbocycles. The topological polar surface area (TPSA) is 26.9 Å². The second-order valence-electron chi connectivity index (χ2n) is 3.57. The number of allylic oxidation sites excluding steroid dienone is 1. The van der Waals surface area contributed by atoms with Crippen LogP contribution in [0.3, 0.4) is 0 Å². The van der Waals surface area contributed by atoms with E-state index in [1.807, 2.05) is 35.2 Å². The summed E-state index contributed by atoms with van der Waals surface area (Å²) in [5.74, 6) is 0. The van der Waals surface area contributed by atoms with Gasteiger partial charge in [0.15, 0.2) is 6.29 Å². The first-order valence-corrected chi connectivity index (χ1v) is 4.87. The van der Waals surface area contributed by atoms with Crippen molar-refractivity contribution in [2.45, 2.75) is 6.17 Å². The first-order chi connectivity index (χ1) is 7.40. The summed E-state index contributed by atoms with van der Waals surface area (Å²) in [7, 11) is 0. The average Bonchev–Trinajstić information content (AvgIpc) is 2.92. The Labute approximate surface area is 87.3 Å². The molecule has 0 bridgehead atoms. The second kappa shape index (κ2) is 2.98. The van der Waals surface area contributed by atoms with Crippen LogP contribution in [0.2, 0.25) is 0 Å². The van der Waals surface area contributed by atoms with Gasteiger partial charge in [-0.1, -0.05) is 0 Å². The molecule has 2 aromatic rings. The SMILES string of the molecule is O=Cc1cccn1C1C=Cc2cccn21. The fraction of sp³-hybridized carbons (Fsp3) is 0.0833. The normalized spacial score (nSPS) is 18.0. The van der Waals surface area contributed by atoms with Crippen LogP contribution in [0, 0.1) is 0 Å². The molecular formula is C12H10N2O. The van der Waals surface area contributed by atoms with Gasteiger partial charge in [0.1, 0.15) is 6.17 Å². The van der Waals surface area contributed by atoms with Crippen LogP contribution in [0.4, 0.5) is 0 Å². The number of aromatic nitrogens is 2. The van der Waals surface area contributed by atoms with Crippen LogP contribution >= 0.6 is 0 Å². The maximum absolute atomic E-state index is 10.8. The van der Waals surface area contributed by atoms with Crippen molar-refractivity contribution < 1.29 is 4.79 Å². The van der Waals surface area contributed by atoms with Crippen LogP contribution in [0.1, 0.15) is 22.3 Å². The summed E-state index contributed by atoms with van der Waals surface area (Å²) in [6.07, 6.45) is 9.09. The van der Waals surface area contributed by atoms with Crippen LogP contribution < -0.4 is 0 Å². The van der Waals surface area contributed by atoms with Gasteiger partial charge >= 0.3 is 0 Å². The predicted molar refractivity (Wildman–Crippen MR) is 57.7 cm³/mol. The first-order valence-electron chi connectivity index (χ1n) is 4.87. The van der Waals surface area contributed by atoms with Crippen molar-refractivity contribution in [3.8, 4) is 0 Å². The lowest BCUT2D eigenvalue weighted by Gasteiger charge is -2.16. The van der Waals surface area contributed by atoms with E-state index in [0.717, 1.165) is 6.29 Å². The molecule has 0 amide bonds. The highest BCUT2D eigenvalue weighted by Crippen LogP contribution is 2.25. The quantitative estimate of drug-likeness (QED) is 0.679. The fourth-order valence-corrected chi connectivity index (χ4v) is 2.04. The standard InChI is InChI=1S/C12H10N2O/c15-9-11-4-2-8-14(11)12-6-5-10-3-1-7-13(10)12/h1-9,12H. The summed E-state index contributed by atoms with van der Waals surface area (Å²) >= 11 is 0. The van der Waals surface area contributed by atoms with Gasteiger partial charge in [-0.05, 0) is 36.4 Å². The minimum atomic E-state index is 0.102. The van der Waals surface area contributed by atoms with Crippen LogP contribution in [-0.2, 0) is 0 Å². The lowest BCUT2D eigenvalue weighted by Crippen LogP contribution is -2.14. The van der Waals surface area contributed by atoms with E-state index in [4.69, 9.17) is 0 Å². The molecule has 3 rings (SSSR count). The summed E-state index contributed by atoms with van der Waals surface area (Å²) in [6, 6.07) is 7.78. The number of hydrogen-bond donors (Lipinski definition) is 0. The number of fused-ring (bicyclic) bond motifs is 1. The molecule has 0 saturated heterocycles. The van der Waals surface area contributed by atoms with Gasteiger partial charge in [-0.3, -0.25) is 4.79 Å². The molecule has 1 unspecified atom stereocenters. The van der Waals surface area contributed by atoms with Crippen molar-refractivity contribution in [1.29, 1.82) is 0 Å². The van der Waals surface area contributed by atoms with E-state index in [1.165, 1.54) is 5.69 Å². The Bertz CT molecular complexity index is 533. The number of aldehydes is 1. The molecule has 1 aliphatic rings. The van der Waals surface area contributed by atoms with Crippen molar-refractivity contribution in [3.05, 3.63) is 54.1 Å². The van der Waals surface area contributed by atoms with E-state index in [9.17, 15) is 4.79 Å². The van der Waals surface area contributed by atoms with Gasteiger partial charge < -0.3 is 9.13 Å². The molecule has 0 radical (unpaired) electrons. The summed E-state index contributed by atoms with van der Waals surface area (Å²) in [5, 5.41) is 0. The zero-order valence-electron chi connectivity index (χ0n) is 8.08. The largest absolute Gasteiger partial charge is 0.323 e. The van der Waals surface area contributed by atoms with Crippen molar-refractivity contribution >= 4 is 12.4 Å². The lowest BCUT2D eigenvalue weighted by molar-refractivity contribution is 0.111. The number of carbonyl (C=O) groups is 1. The average molecular weight is 198 g/mol. The molecule has 0 spiro atoms. The third-order valence-corrected chi connectivity index (χ3v) is 2.75. The highest BCUT2D eigenvalue weighted by Gasteiger charge is 2.17. The molecule has 3 heteroatoms. The Balaban J connectivity index is 2.11. The molecule has 0 saturated carbocycles. The highest BCUT2D eigenvalue weighted by molar-refractivity contribution is 5.72. The van der Waals surface area contributed by atoms with E-state index in [2.05, 4.69) is 22.8 Å². The lowest BCUT2D eigenvalue weighted by atomic mass is 10.4. The number of rotatable bonds is 2. The van der Waals surface area contributed by atoms with Crippen LogP contribution in [0.5, 0.6) is 0 Å². The molecule has 3 nitrogen and oxygen atoms in total. The Kier molecular flexibility index (Phi) is 1.65. The van der Waals surface area contributed by atoms with Gasteiger partial charge in [0.05, 0.1) is 5.69 Å². The molecule has 0 aliphatic carbocycles. The van der Waals surface area contributed by atoms with Crippen molar-refractivity contribution in [3.63, 3.8) is 0 Å². The van der Waals surface area contributed by atoms with Crippen molar-refractivity contribution in [1.82, 2.24) is 9.13 Å². The van der Waals surface area contributed by atoms with Gasteiger partial charge in [-0.2, -0.15) is 0 Å². The summed E-state index contributed by atoms with van der Waals surface area (Å²) in [5.41, 5.74) is 1.87. The van der Waals surface area contributed by atoms with E-state index in [-0.39, 0.29) is 6.17 Å². The van der Waals surface area contributed by atoms with E-state index >= 15 is 0 Å². The van der Waals surface area contributed by atoms with E-state index in [0.29, 0.717) is 5.69 Å². The van der Waals surface area contributed by atoms with Gasteiger partial charge in [-0.25, -0.2) is 0 Å². The molecule has 1 atom stereocenters. The van der Waals surface area contributed by atoms with Crippen LogP contribution in [0.25, 0.3) is 6.08 Å². The van der Waals surface area contributed by atoms with Gasteiger partial charge in [0, 0.05) is 18.1 Å². The Morgan fingerprint density at radius 1 is 1.13 bits per heavy atom. The van der Waals surface area contributed by atoms with Gasteiger partial charge in [0.2, 0.25) is 0 Å². The monoisotopic (exact) mass is 198 g/mol. The Morgan fingerprint density at radius 2 is 1.93 bits per heavy atom. The smallest absolute Gasteiger partial charge is 0.166 e. The van der Waals surface area contributed by atoms with E-state index in [1.54, 1.807) is 0 Å². The number of nitrogens with zero attached hydrogens (tertiary/aromatic N) is 2. The second-order valence-corrected chi connectivity index (χ2v) is 3.57. The number of hydrogen-bond acceptors (Lipinski definition) is 1. The molecule has 0 N–H and O–H groups in total. The minimum Gasteiger partial charge on any atom is -0.323 e. The Morgan fingerprint density at radius 3 is 2.80 bits per heavy atom. The van der Waals surface area contributed by atoms with Gasteiger partial charge in [-0.15, -0.1) is 0 Å². The van der Waals surface area contributed by atoms with Crippen molar-refractivity contribution in [2.24, 2.45) is 0 Å². The third-order valence-electron chi connectivity index (χ3n) is 2.75. The van der Waals surface area contributed by atoms with Gasteiger partial charge in [0.25, 0.3) is 0 Å². The Hall–Kier alpha value is -2.03. The molecule has 0 fully saturated rings. The fourth-order valence-electron chi connectivity index (χ4n) is 2.04. The van der Waals surface area contributed by atoms with Crippen LogP contribution in [0.15, 0.2) is 42.7 Å². The number of carbonyl (C=O) groups excluding carboxylic acids is 1. The predicted octanol–water partition coefficient (Wildman–Crippen LogP) is 2.18. The van der Waals surface area contributed by atoms with Crippen molar-refractivity contribution in [2.75, 3.05) is 0 Å². The van der Waals surface area contributed by atoms with E-state index < -0.39 is 0 Å². The highest BCUT2D eigenvalue weighted by atomic mass is 16.1. The van der Waals surface area contributed by atoms with Crippen LogP contribution in [-0.4, -0.2) is 15.4 Å². The molecule has 15 heavy (non-hydrogen) atoms. The third kappa shape index (κ3) is 1.09. The maximum atomic E-state index is 10.8. The maximum Gasteiger partial charge on any atom is 0.166 e. The minimum absolute atomic E-state index is 0.102. The molecule has 74 valence electrons. The zero-order chi connectivity index (χ0) is 10.3. The molecule has 3 heterocycles. The summed E-state index contributed by atoms with van der Waals surface area (Å²) in [4.78, 5) is 10.8. The molecule has 1 aliphatic heterocycles.